The SMILES string of the molecule is O=C(O)C[C@H](NC(=O)c1noc(-c2ccccc2F)n1)c1ccc(F)cc1. The molecule has 0 spiro atoms. The Balaban J connectivity index is 1.81. The van der Waals surface area contributed by atoms with Crippen molar-refractivity contribution in [2.45, 2.75) is 12.5 Å². The highest BCUT2D eigenvalue weighted by atomic mass is 19.1. The fraction of sp³-hybridized carbons (Fsp3) is 0.111. The van der Waals surface area contributed by atoms with E-state index in [9.17, 15) is 18.4 Å². The molecule has 1 aromatic heterocycles. The fourth-order valence-corrected chi connectivity index (χ4v) is 2.40. The number of halogens is 2. The largest absolute Gasteiger partial charge is 0.481 e. The Morgan fingerprint density at radius 2 is 1.81 bits per heavy atom. The minimum Gasteiger partial charge on any atom is -0.481 e. The summed E-state index contributed by atoms with van der Waals surface area (Å²) in [6.07, 6.45) is -0.435. The minimum absolute atomic E-state index is 0.0321. The summed E-state index contributed by atoms with van der Waals surface area (Å²) in [5.74, 6) is -3.63. The summed E-state index contributed by atoms with van der Waals surface area (Å²) in [5, 5.41) is 15.0. The lowest BCUT2D eigenvalue weighted by molar-refractivity contribution is -0.137. The van der Waals surface area contributed by atoms with Crippen molar-refractivity contribution in [1.82, 2.24) is 15.5 Å². The number of hydrogen-bond donors (Lipinski definition) is 2. The number of rotatable bonds is 6. The molecule has 0 aliphatic rings. The van der Waals surface area contributed by atoms with Crippen LogP contribution in [0.25, 0.3) is 11.5 Å². The van der Waals surface area contributed by atoms with Crippen LogP contribution in [-0.4, -0.2) is 27.1 Å². The summed E-state index contributed by atoms with van der Waals surface area (Å²) in [6.45, 7) is 0. The van der Waals surface area contributed by atoms with Crippen molar-refractivity contribution in [2.24, 2.45) is 0 Å². The van der Waals surface area contributed by atoms with Crippen LogP contribution in [0.5, 0.6) is 0 Å². The van der Waals surface area contributed by atoms with E-state index in [4.69, 9.17) is 9.63 Å². The number of amides is 1. The average Bonchev–Trinajstić information content (AvgIpc) is 3.12. The molecule has 2 N–H and O–H groups in total. The zero-order valence-electron chi connectivity index (χ0n) is 13.7. The molecule has 0 saturated carbocycles. The molecule has 0 saturated heterocycles. The van der Waals surface area contributed by atoms with Gasteiger partial charge in [0.05, 0.1) is 18.0 Å². The first-order valence-corrected chi connectivity index (χ1v) is 7.81. The van der Waals surface area contributed by atoms with Crippen molar-refractivity contribution in [2.75, 3.05) is 0 Å². The number of carbonyl (C=O) groups is 2. The van der Waals surface area contributed by atoms with Crippen LogP contribution in [0.15, 0.2) is 53.1 Å². The van der Waals surface area contributed by atoms with Gasteiger partial charge >= 0.3 is 5.97 Å². The van der Waals surface area contributed by atoms with Crippen LogP contribution in [0.4, 0.5) is 8.78 Å². The first kappa shape index (κ1) is 18.2. The smallest absolute Gasteiger partial charge is 0.305 e. The van der Waals surface area contributed by atoms with Gasteiger partial charge in [0.2, 0.25) is 0 Å². The summed E-state index contributed by atoms with van der Waals surface area (Å²) in [5.41, 5.74) is 0.426. The van der Waals surface area contributed by atoms with Crippen LogP contribution in [0.3, 0.4) is 0 Å². The molecule has 0 fully saturated rings. The van der Waals surface area contributed by atoms with Gasteiger partial charge in [-0.15, -0.1) is 0 Å². The summed E-state index contributed by atoms with van der Waals surface area (Å²) in [6, 6.07) is 9.77. The van der Waals surface area contributed by atoms with Crippen LogP contribution in [0.1, 0.15) is 28.6 Å². The molecule has 3 rings (SSSR count). The summed E-state index contributed by atoms with van der Waals surface area (Å²) in [7, 11) is 0. The van der Waals surface area contributed by atoms with Gasteiger partial charge in [-0.3, -0.25) is 9.59 Å². The van der Waals surface area contributed by atoms with E-state index in [-0.39, 0.29) is 17.3 Å². The lowest BCUT2D eigenvalue weighted by Gasteiger charge is -2.16. The molecular formula is C18H13F2N3O4. The standard InChI is InChI=1S/C18H13F2N3O4/c19-11-7-5-10(6-8-11)14(9-15(24)25)21-17(26)16-22-18(27-23-16)12-3-1-2-4-13(12)20/h1-8,14H,9H2,(H,21,26)(H,24,25)/t14-/m0/s1. The minimum atomic E-state index is -1.16. The van der Waals surface area contributed by atoms with Gasteiger partial charge < -0.3 is 14.9 Å². The van der Waals surface area contributed by atoms with Crippen molar-refractivity contribution in [3.63, 3.8) is 0 Å². The first-order chi connectivity index (χ1) is 12.9. The summed E-state index contributed by atoms with van der Waals surface area (Å²) in [4.78, 5) is 27.3. The van der Waals surface area contributed by atoms with Crippen molar-refractivity contribution in [1.29, 1.82) is 0 Å². The molecule has 0 aliphatic carbocycles. The molecular weight excluding hydrogens is 360 g/mol. The second kappa shape index (κ2) is 7.73. The number of carboxylic acid groups (broad SMARTS) is 1. The lowest BCUT2D eigenvalue weighted by atomic mass is 10.0. The van der Waals surface area contributed by atoms with Gasteiger partial charge in [0, 0.05) is 0 Å². The number of aromatic nitrogens is 2. The predicted octanol–water partition coefficient (Wildman–Crippen LogP) is 2.96. The van der Waals surface area contributed by atoms with Gasteiger partial charge in [0.15, 0.2) is 0 Å². The third-order valence-electron chi connectivity index (χ3n) is 3.69. The van der Waals surface area contributed by atoms with Gasteiger partial charge in [-0.1, -0.05) is 29.4 Å². The Morgan fingerprint density at radius 1 is 1.11 bits per heavy atom. The van der Waals surface area contributed by atoms with E-state index >= 15 is 0 Å². The summed E-state index contributed by atoms with van der Waals surface area (Å²) >= 11 is 0. The topological polar surface area (TPSA) is 105 Å². The van der Waals surface area contributed by atoms with Crippen LogP contribution >= 0.6 is 0 Å². The molecule has 0 aliphatic heterocycles. The molecule has 2 aromatic carbocycles. The zero-order valence-corrected chi connectivity index (χ0v) is 13.7. The number of hydrogen-bond acceptors (Lipinski definition) is 5. The Kier molecular flexibility index (Phi) is 5.20. The van der Waals surface area contributed by atoms with Gasteiger partial charge in [-0.25, -0.2) is 8.78 Å². The van der Waals surface area contributed by atoms with Crippen molar-refractivity contribution in [3.05, 3.63) is 71.6 Å². The molecule has 3 aromatic rings. The number of benzene rings is 2. The Bertz CT molecular complexity index is 973. The zero-order chi connectivity index (χ0) is 19.4. The Morgan fingerprint density at radius 3 is 2.48 bits per heavy atom. The molecule has 1 atom stereocenters. The van der Waals surface area contributed by atoms with Crippen molar-refractivity contribution < 1.29 is 28.0 Å². The average molecular weight is 373 g/mol. The van der Waals surface area contributed by atoms with Crippen LogP contribution in [0.2, 0.25) is 0 Å². The number of aliphatic carboxylic acids is 1. The molecule has 0 bridgehead atoms. The van der Waals surface area contributed by atoms with Gasteiger partial charge in [-0.2, -0.15) is 4.98 Å². The van der Waals surface area contributed by atoms with E-state index in [0.29, 0.717) is 5.56 Å². The number of carbonyl (C=O) groups excluding carboxylic acids is 1. The van der Waals surface area contributed by atoms with E-state index in [2.05, 4.69) is 15.5 Å². The molecule has 138 valence electrons. The second-order valence-corrected chi connectivity index (χ2v) is 5.58. The van der Waals surface area contributed by atoms with Crippen molar-refractivity contribution >= 4 is 11.9 Å². The maximum Gasteiger partial charge on any atom is 0.305 e. The molecule has 9 heteroatoms. The fourth-order valence-electron chi connectivity index (χ4n) is 2.40. The van der Waals surface area contributed by atoms with E-state index in [0.717, 1.165) is 12.1 Å². The summed E-state index contributed by atoms with van der Waals surface area (Å²) < 4.78 is 31.7. The van der Waals surface area contributed by atoms with E-state index < -0.39 is 36.0 Å². The first-order valence-electron chi connectivity index (χ1n) is 7.81. The van der Waals surface area contributed by atoms with E-state index in [1.807, 2.05) is 0 Å². The molecule has 1 amide bonds. The highest BCUT2D eigenvalue weighted by molar-refractivity contribution is 5.91. The molecule has 27 heavy (non-hydrogen) atoms. The number of carboxylic acids is 1. The van der Waals surface area contributed by atoms with Crippen LogP contribution < -0.4 is 5.32 Å². The van der Waals surface area contributed by atoms with Crippen LogP contribution in [0, 0.1) is 11.6 Å². The highest BCUT2D eigenvalue weighted by Gasteiger charge is 2.23. The third kappa shape index (κ3) is 4.32. The normalized spacial score (nSPS) is 11.8. The second-order valence-electron chi connectivity index (χ2n) is 5.58. The van der Waals surface area contributed by atoms with Crippen molar-refractivity contribution in [3.8, 4) is 11.5 Å². The predicted molar refractivity (Wildman–Crippen MR) is 88.6 cm³/mol. The molecule has 1 heterocycles. The molecule has 0 unspecified atom stereocenters. The van der Waals surface area contributed by atoms with Gasteiger partial charge in [0.1, 0.15) is 11.6 Å². The van der Waals surface area contributed by atoms with Crippen LogP contribution in [-0.2, 0) is 4.79 Å². The number of nitrogens with one attached hydrogen (secondary N) is 1. The third-order valence-corrected chi connectivity index (χ3v) is 3.69. The van der Waals surface area contributed by atoms with Gasteiger partial charge in [0.25, 0.3) is 17.6 Å². The molecule has 0 radical (unpaired) electrons. The Hall–Kier alpha value is -3.62. The number of nitrogens with zero attached hydrogens (tertiary/aromatic N) is 2. The van der Waals surface area contributed by atoms with E-state index in [1.165, 1.54) is 30.3 Å². The lowest BCUT2D eigenvalue weighted by Crippen LogP contribution is -2.31. The monoisotopic (exact) mass is 373 g/mol. The molecule has 7 nitrogen and oxygen atoms in total. The maximum absolute atomic E-state index is 13.8. The quantitative estimate of drug-likeness (QED) is 0.688. The Labute approximate surface area is 151 Å². The van der Waals surface area contributed by atoms with Gasteiger partial charge in [-0.05, 0) is 29.8 Å². The maximum atomic E-state index is 13.8. The highest BCUT2D eigenvalue weighted by Crippen LogP contribution is 2.21. The van der Waals surface area contributed by atoms with E-state index in [1.54, 1.807) is 6.07 Å².